The van der Waals surface area contributed by atoms with Crippen LogP contribution in [0.3, 0.4) is 0 Å². The standard InChI is InChI=1S/C13H21N3O2/c1-18-10-9-15-5-7-16(8-6-15)11-12-3-2-4-14-13(12)17/h2-4H,5-11H2,1H3,(H,14,17). The van der Waals surface area contributed by atoms with Crippen LogP contribution >= 0.6 is 0 Å². The first kappa shape index (κ1) is 13.3. The van der Waals surface area contributed by atoms with Crippen molar-refractivity contribution in [3.63, 3.8) is 0 Å². The summed E-state index contributed by atoms with van der Waals surface area (Å²) in [5, 5.41) is 0. The van der Waals surface area contributed by atoms with Gasteiger partial charge >= 0.3 is 0 Å². The van der Waals surface area contributed by atoms with Crippen LogP contribution < -0.4 is 5.56 Å². The van der Waals surface area contributed by atoms with E-state index >= 15 is 0 Å². The fraction of sp³-hybridized carbons (Fsp3) is 0.615. The fourth-order valence-electron chi connectivity index (χ4n) is 2.21. The second-order valence-electron chi connectivity index (χ2n) is 4.64. The zero-order chi connectivity index (χ0) is 12.8. The Morgan fingerprint density at radius 3 is 2.67 bits per heavy atom. The van der Waals surface area contributed by atoms with Crippen molar-refractivity contribution in [2.45, 2.75) is 6.54 Å². The quantitative estimate of drug-likeness (QED) is 0.808. The Balaban J connectivity index is 1.80. The third-order valence-electron chi connectivity index (χ3n) is 3.37. The highest BCUT2D eigenvalue weighted by molar-refractivity contribution is 5.08. The van der Waals surface area contributed by atoms with Crippen LogP contribution in [0.5, 0.6) is 0 Å². The molecular weight excluding hydrogens is 230 g/mol. The van der Waals surface area contributed by atoms with E-state index < -0.39 is 0 Å². The second-order valence-corrected chi connectivity index (χ2v) is 4.64. The summed E-state index contributed by atoms with van der Waals surface area (Å²) in [5.41, 5.74) is 0.877. The molecule has 0 aromatic carbocycles. The van der Waals surface area contributed by atoms with Crippen molar-refractivity contribution in [1.82, 2.24) is 14.8 Å². The summed E-state index contributed by atoms with van der Waals surface area (Å²) in [6, 6.07) is 3.78. The average molecular weight is 251 g/mol. The van der Waals surface area contributed by atoms with Gasteiger partial charge in [0.05, 0.1) is 6.61 Å². The van der Waals surface area contributed by atoms with E-state index in [9.17, 15) is 4.79 Å². The Labute approximate surface area is 107 Å². The van der Waals surface area contributed by atoms with Gasteiger partial charge < -0.3 is 9.72 Å². The molecule has 18 heavy (non-hydrogen) atoms. The zero-order valence-corrected chi connectivity index (χ0v) is 10.9. The van der Waals surface area contributed by atoms with Crippen LogP contribution in [0.2, 0.25) is 0 Å². The molecule has 0 amide bonds. The summed E-state index contributed by atoms with van der Waals surface area (Å²) in [6.07, 6.45) is 1.68. The van der Waals surface area contributed by atoms with E-state index in [1.165, 1.54) is 0 Å². The van der Waals surface area contributed by atoms with Gasteiger partial charge in [0, 0.05) is 58.1 Å². The third kappa shape index (κ3) is 3.66. The molecule has 0 bridgehead atoms. The molecule has 1 aliphatic rings. The smallest absolute Gasteiger partial charge is 0.252 e. The van der Waals surface area contributed by atoms with Crippen LogP contribution in [-0.2, 0) is 11.3 Å². The van der Waals surface area contributed by atoms with E-state index in [1.807, 2.05) is 12.1 Å². The molecule has 1 N–H and O–H groups in total. The molecule has 1 aliphatic heterocycles. The normalized spacial score (nSPS) is 18.1. The molecule has 0 aliphatic carbocycles. The van der Waals surface area contributed by atoms with Crippen LogP contribution in [0, 0.1) is 0 Å². The van der Waals surface area contributed by atoms with Crippen molar-refractivity contribution in [3.8, 4) is 0 Å². The Morgan fingerprint density at radius 1 is 1.28 bits per heavy atom. The summed E-state index contributed by atoms with van der Waals surface area (Å²) < 4.78 is 5.08. The van der Waals surface area contributed by atoms with Gasteiger partial charge in [-0.3, -0.25) is 14.6 Å². The second kappa shape index (κ2) is 6.68. The van der Waals surface area contributed by atoms with E-state index in [-0.39, 0.29) is 5.56 Å². The number of nitrogens with one attached hydrogen (secondary N) is 1. The Hall–Kier alpha value is -1.17. The molecular formula is C13H21N3O2. The molecule has 1 aromatic rings. The predicted molar refractivity (Wildman–Crippen MR) is 70.7 cm³/mol. The molecule has 1 aromatic heterocycles. The highest BCUT2D eigenvalue weighted by Gasteiger charge is 2.17. The summed E-state index contributed by atoms with van der Waals surface area (Å²) in [7, 11) is 1.73. The molecule has 0 saturated carbocycles. The lowest BCUT2D eigenvalue weighted by Crippen LogP contribution is -2.47. The van der Waals surface area contributed by atoms with Crippen molar-refractivity contribution in [2.75, 3.05) is 46.4 Å². The number of aromatic nitrogens is 1. The van der Waals surface area contributed by atoms with Gasteiger partial charge in [-0.2, -0.15) is 0 Å². The number of rotatable bonds is 5. The van der Waals surface area contributed by atoms with Gasteiger partial charge in [0.25, 0.3) is 5.56 Å². The van der Waals surface area contributed by atoms with E-state index in [2.05, 4.69) is 14.8 Å². The molecule has 0 spiro atoms. The van der Waals surface area contributed by atoms with Crippen LogP contribution in [-0.4, -0.2) is 61.2 Å². The Kier molecular flexibility index (Phi) is 4.92. The predicted octanol–water partition coefficient (Wildman–Crippen LogP) is 0.139. The van der Waals surface area contributed by atoms with Gasteiger partial charge in [-0.25, -0.2) is 0 Å². The molecule has 1 fully saturated rings. The molecule has 2 rings (SSSR count). The molecule has 0 unspecified atom stereocenters. The number of aromatic amines is 1. The van der Waals surface area contributed by atoms with Crippen LogP contribution in [0.25, 0.3) is 0 Å². The summed E-state index contributed by atoms with van der Waals surface area (Å²) in [4.78, 5) is 19.0. The number of H-pyrrole nitrogens is 1. The van der Waals surface area contributed by atoms with Gasteiger partial charge in [-0.15, -0.1) is 0 Å². The molecule has 100 valence electrons. The summed E-state index contributed by atoms with van der Waals surface area (Å²) in [5.74, 6) is 0. The molecule has 0 radical (unpaired) electrons. The van der Waals surface area contributed by atoms with Crippen molar-refractivity contribution < 1.29 is 4.74 Å². The number of pyridine rings is 1. The lowest BCUT2D eigenvalue weighted by atomic mass is 10.2. The van der Waals surface area contributed by atoms with E-state index in [0.29, 0.717) is 0 Å². The van der Waals surface area contributed by atoms with Gasteiger partial charge in [-0.05, 0) is 6.07 Å². The number of hydrogen-bond acceptors (Lipinski definition) is 4. The SMILES string of the molecule is COCCN1CCN(Cc2ccc[nH]c2=O)CC1. The van der Waals surface area contributed by atoms with Crippen LogP contribution in [0.4, 0.5) is 0 Å². The third-order valence-corrected chi connectivity index (χ3v) is 3.37. The van der Waals surface area contributed by atoms with Crippen molar-refractivity contribution >= 4 is 0 Å². The van der Waals surface area contributed by atoms with Gasteiger partial charge in [-0.1, -0.05) is 6.07 Å². The fourth-order valence-corrected chi connectivity index (χ4v) is 2.21. The van der Waals surface area contributed by atoms with Crippen molar-refractivity contribution in [1.29, 1.82) is 0 Å². The number of hydrogen-bond donors (Lipinski definition) is 1. The van der Waals surface area contributed by atoms with E-state index in [4.69, 9.17) is 4.74 Å². The monoisotopic (exact) mass is 251 g/mol. The maximum atomic E-state index is 11.6. The highest BCUT2D eigenvalue weighted by Crippen LogP contribution is 2.05. The lowest BCUT2D eigenvalue weighted by Gasteiger charge is -2.34. The molecule has 5 nitrogen and oxygen atoms in total. The minimum absolute atomic E-state index is 0.0271. The van der Waals surface area contributed by atoms with E-state index in [1.54, 1.807) is 13.3 Å². The Morgan fingerprint density at radius 2 is 2.00 bits per heavy atom. The molecule has 1 saturated heterocycles. The Bertz CT molecular complexity index is 411. The lowest BCUT2D eigenvalue weighted by molar-refractivity contribution is 0.0936. The zero-order valence-electron chi connectivity index (χ0n) is 10.9. The molecule has 0 atom stereocenters. The first-order valence-corrected chi connectivity index (χ1v) is 6.40. The van der Waals surface area contributed by atoms with Gasteiger partial charge in [0.2, 0.25) is 0 Å². The molecule has 2 heterocycles. The topological polar surface area (TPSA) is 48.6 Å². The van der Waals surface area contributed by atoms with E-state index in [0.717, 1.165) is 51.4 Å². The maximum Gasteiger partial charge on any atom is 0.252 e. The minimum atomic E-state index is 0.0271. The first-order valence-electron chi connectivity index (χ1n) is 6.40. The van der Waals surface area contributed by atoms with Crippen molar-refractivity contribution in [3.05, 3.63) is 34.2 Å². The number of methoxy groups -OCH3 is 1. The highest BCUT2D eigenvalue weighted by atomic mass is 16.5. The van der Waals surface area contributed by atoms with Crippen LogP contribution in [0.15, 0.2) is 23.1 Å². The minimum Gasteiger partial charge on any atom is -0.383 e. The largest absolute Gasteiger partial charge is 0.383 e. The number of nitrogens with zero attached hydrogens (tertiary/aromatic N) is 2. The number of piperazine rings is 1. The van der Waals surface area contributed by atoms with Gasteiger partial charge in [0.1, 0.15) is 0 Å². The van der Waals surface area contributed by atoms with Crippen LogP contribution in [0.1, 0.15) is 5.56 Å². The summed E-state index contributed by atoms with van der Waals surface area (Å²) in [6.45, 7) is 6.65. The first-order chi connectivity index (χ1) is 8.79. The summed E-state index contributed by atoms with van der Waals surface area (Å²) >= 11 is 0. The van der Waals surface area contributed by atoms with Crippen molar-refractivity contribution in [2.24, 2.45) is 0 Å². The maximum absolute atomic E-state index is 11.6. The number of ether oxygens (including phenoxy) is 1. The molecule has 5 heteroatoms. The average Bonchev–Trinajstić information content (AvgIpc) is 2.41. The van der Waals surface area contributed by atoms with Gasteiger partial charge in [0.15, 0.2) is 0 Å².